The third-order valence-electron chi connectivity index (χ3n) is 6.37. The van der Waals surface area contributed by atoms with Crippen molar-refractivity contribution in [3.8, 4) is 0 Å². The van der Waals surface area contributed by atoms with Crippen molar-refractivity contribution >= 4 is 40.3 Å². The zero-order valence-corrected chi connectivity index (χ0v) is 19.4. The Labute approximate surface area is 200 Å². The van der Waals surface area contributed by atoms with Crippen LogP contribution < -0.4 is 26.6 Å². The van der Waals surface area contributed by atoms with E-state index >= 15 is 0 Å². The Morgan fingerprint density at radius 3 is 2.86 bits per heavy atom. The minimum absolute atomic E-state index is 0.0783. The SMILES string of the molecule is CCNC(=O)c1ncc(NC2CCCC(F)(F)C2N)nc1Nc1ccc2nc(N3CCC3)oc2c1. The Morgan fingerprint density at radius 2 is 2.11 bits per heavy atom. The normalized spacial score (nSPS) is 21.4. The van der Waals surface area contributed by atoms with Crippen LogP contribution in [-0.2, 0) is 0 Å². The van der Waals surface area contributed by atoms with Gasteiger partial charge in [0.1, 0.15) is 11.3 Å². The summed E-state index contributed by atoms with van der Waals surface area (Å²) in [4.78, 5) is 27.9. The number of fused-ring (bicyclic) bond motifs is 1. The van der Waals surface area contributed by atoms with Crippen LogP contribution >= 0.6 is 0 Å². The van der Waals surface area contributed by atoms with Crippen LogP contribution in [0.3, 0.4) is 0 Å². The van der Waals surface area contributed by atoms with Gasteiger partial charge in [0.05, 0.1) is 12.2 Å². The van der Waals surface area contributed by atoms with E-state index in [4.69, 9.17) is 10.2 Å². The number of oxazole rings is 1. The van der Waals surface area contributed by atoms with Crippen molar-refractivity contribution in [1.82, 2.24) is 20.3 Å². The summed E-state index contributed by atoms with van der Waals surface area (Å²) in [6.07, 6.45) is 3.07. The van der Waals surface area contributed by atoms with Crippen LogP contribution in [0.1, 0.15) is 43.1 Å². The van der Waals surface area contributed by atoms with E-state index in [1.54, 1.807) is 19.1 Å². The van der Waals surface area contributed by atoms with Gasteiger partial charge in [0.15, 0.2) is 17.1 Å². The molecule has 5 rings (SSSR count). The van der Waals surface area contributed by atoms with Crippen molar-refractivity contribution in [2.45, 2.75) is 50.6 Å². The van der Waals surface area contributed by atoms with Crippen molar-refractivity contribution in [3.05, 3.63) is 30.1 Å². The van der Waals surface area contributed by atoms with E-state index in [9.17, 15) is 13.6 Å². The molecule has 1 amide bonds. The van der Waals surface area contributed by atoms with Gasteiger partial charge in [-0.2, -0.15) is 4.98 Å². The first-order valence-electron chi connectivity index (χ1n) is 11.8. The lowest BCUT2D eigenvalue weighted by Crippen LogP contribution is -2.55. The second kappa shape index (κ2) is 9.25. The minimum Gasteiger partial charge on any atom is -0.423 e. The van der Waals surface area contributed by atoms with Crippen LogP contribution in [0.15, 0.2) is 28.8 Å². The van der Waals surface area contributed by atoms with E-state index < -0.39 is 23.9 Å². The van der Waals surface area contributed by atoms with Crippen molar-refractivity contribution in [3.63, 3.8) is 0 Å². The molecule has 0 spiro atoms. The number of alkyl halides is 2. The molecule has 2 fully saturated rings. The highest BCUT2D eigenvalue weighted by Gasteiger charge is 2.44. The fourth-order valence-electron chi connectivity index (χ4n) is 4.28. The number of rotatable bonds is 7. The van der Waals surface area contributed by atoms with E-state index in [0.717, 1.165) is 25.0 Å². The molecule has 1 aliphatic heterocycles. The maximum Gasteiger partial charge on any atom is 0.298 e. The number of nitrogens with two attached hydrogens (primary N) is 1. The van der Waals surface area contributed by atoms with Gasteiger partial charge < -0.3 is 31.0 Å². The maximum absolute atomic E-state index is 14.1. The fourth-order valence-corrected chi connectivity index (χ4v) is 4.28. The van der Waals surface area contributed by atoms with Gasteiger partial charge in [-0.15, -0.1) is 0 Å². The molecule has 186 valence electrons. The van der Waals surface area contributed by atoms with Gasteiger partial charge in [0.2, 0.25) is 0 Å². The van der Waals surface area contributed by atoms with Crippen molar-refractivity contribution in [2.75, 3.05) is 35.2 Å². The van der Waals surface area contributed by atoms with Crippen molar-refractivity contribution < 1.29 is 18.0 Å². The molecule has 2 unspecified atom stereocenters. The predicted octanol–water partition coefficient (Wildman–Crippen LogP) is 3.25. The summed E-state index contributed by atoms with van der Waals surface area (Å²) in [7, 11) is 0. The number of aromatic nitrogens is 3. The van der Waals surface area contributed by atoms with Crippen LogP contribution in [0.2, 0.25) is 0 Å². The topological polar surface area (TPSA) is 134 Å². The molecule has 35 heavy (non-hydrogen) atoms. The van der Waals surface area contributed by atoms with E-state index in [1.165, 1.54) is 6.20 Å². The van der Waals surface area contributed by atoms with Crippen molar-refractivity contribution in [1.29, 1.82) is 0 Å². The number of carbonyl (C=O) groups is 1. The molecule has 5 N–H and O–H groups in total. The van der Waals surface area contributed by atoms with Gasteiger partial charge in [0, 0.05) is 43.9 Å². The molecule has 0 bridgehead atoms. The first-order valence-corrected chi connectivity index (χ1v) is 11.8. The van der Waals surface area contributed by atoms with Gasteiger partial charge in [-0.25, -0.2) is 18.7 Å². The van der Waals surface area contributed by atoms with Gasteiger partial charge in [-0.1, -0.05) is 0 Å². The molecule has 3 heterocycles. The number of amides is 1. The number of hydrogen-bond donors (Lipinski definition) is 4. The highest BCUT2D eigenvalue weighted by atomic mass is 19.3. The quantitative estimate of drug-likeness (QED) is 0.397. The third kappa shape index (κ3) is 4.70. The lowest BCUT2D eigenvalue weighted by Gasteiger charge is -2.36. The van der Waals surface area contributed by atoms with Crippen LogP contribution in [-0.4, -0.2) is 58.5 Å². The molecule has 1 saturated carbocycles. The number of anilines is 4. The number of carbonyl (C=O) groups excluding carboxylic acids is 1. The summed E-state index contributed by atoms with van der Waals surface area (Å²) in [5, 5.41) is 8.81. The fraction of sp³-hybridized carbons (Fsp3) is 0.478. The summed E-state index contributed by atoms with van der Waals surface area (Å²) in [5.41, 5.74) is 7.81. The Balaban J connectivity index is 1.42. The smallest absolute Gasteiger partial charge is 0.298 e. The van der Waals surface area contributed by atoms with Gasteiger partial charge in [-0.05, 0) is 38.3 Å². The highest BCUT2D eigenvalue weighted by molar-refractivity contribution is 5.97. The molecule has 10 nitrogen and oxygen atoms in total. The average molecular weight is 487 g/mol. The number of hydrogen-bond acceptors (Lipinski definition) is 9. The predicted molar refractivity (Wildman–Crippen MR) is 128 cm³/mol. The molecule has 0 radical (unpaired) electrons. The van der Waals surface area contributed by atoms with E-state index in [1.807, 2.05) is 6.07 Å². The summed E-state index contributed by atoms with van der Waals surface area (Å²) >= 11 is 0. The number of benzene rings is 1. The first kappa shape index (κ1) is 23.2. The van der Waals surface area contributed by atoms with Crippen LogP contribution in [0.4, 0.5) is 32.1 Å². The zero-order valence-electron chi connectivity index (χ0n) is 19.4. The Hall–Kier alpha value is -3.54. The lowest BCUT2D eigenvalue weighted by atomic mass is 9.87. The van der Waals surface area contributed by atoms with Crippen LogP contribution in [0.5, 0.6) is 0 Å². The average Bonchev–Trinajstić information content (AvgIpc) is 3.18. The van der Waals surface area contributed by atoms with Crippen molar-refractivity contribution in [2.24, 2.45) is 5.73 Å². The highest BCUT2D eigenvalue weighted by Crippen LogP contribution is 2.34. The molecule has 2 atom stereocenters. The zero-order chi connectivity index (χ0) is 24.6. The van der Waals surface area contributed by atoms with E-state index in [2.05, 4.69) is 35.8 Å². The molecule has 1 saturated heterocycles. The van der Waals surface area contributed by atoms with Gasteiger partial charge in [-0.3, -0.25) is 4.79 Å². The van der Waals surface area contributed by atoms with Crippen LogP contribution in [0.25, 0.3) is 11.1 Å². The molecule has 2 aliphatic rings. The molecular weight excluding hydrogens is 458 g/mol. The van der Waals surface area contributed by atoms with Crippen LogP contribution in [0, 0.1) is 0 Å². The lowest BCUT2D eigenvalue weighted by molar-refractivity contribution is -0.0554. The molecule has 2 aromatic heterocycles. The summed E-state index contributed by atoms with van der Waals surface area (Å²) in [6, 6.07) is 3.96. The van der Waals surface area contributed by atoms with E-state index in [0.29, 0.717) is 36.7 Å². The molecule has 1 aliphatic carbocycles. The number of nitrogens with one attached hydrogen (secondary N) is 3. The maximum atomic E-state index is 14.1. The molecular formula is C23H28F2N8O2. The second-order valence-corrected chi connectivity index (χ2v) is 8.89. The molecule has 1 aromatic carbocycles. The summed E-state index contributed by atoms with van der Waals surface area (Å²) in [5.74, 6) is -2.93. The molecule has 12 heteroatoms. The van der Waals surface area contributed by atoms with Gasteiger partial charge in [0.25, 0.3) is 17.8 Å². The Kier molecular flexibility index (Phi) is 6.13. The second-order valence-electron chi connectivity index (χ2n) is 8.89. The Morgan fingerprint density at radius 1 is 1.29 bits per heavy atom. The number of halogens is 2. The molecule has 3 aromatic rings. The monoisotopic (exact) mass is 486 g/mol. The van der Waals surface area contributed by atoms with E-state index in [-0.39, 0.29) is 23.8 Å². The Bertz CT molecular complexity index is 1230. The third-order valence-corrected chi connectivity index (χ3v) is 6.37. The number of nitrogens with zero attached hydrogens (tertiary/aromatic N) is 4. The minimum atomic E-state index is -2.95. The van der Waals surface area contributed by atoms with Gasteiger partial charge >= 0.3 is 0 Å². The standard InChI is InChI=1S/C23H28F2N8O2/c1-2-27-21(34)18-20(32-17(12-28-18)30-15-5-3-8-23(24,25)19(15)26)29-13-6-7-14-16(11-13)35-22(31-14)33-9-4-10-33/h6-7,11-12,15,19H,2-5,8-10,26H2,1H3,(H,27,34)(H2,29,30,32). The summed E-state index contributed by atoms with van der Waals surface area (Å²) < 4.78 is 34.1. The largest absolute Gasteiger partial charge is 0.423 e. The first-order chi connectivity index (χ1) is 16.8. The summed E-state index contributed by atoms with van der Waals surface area (Å²) in [6.45, 7) is 4.04.